The first-order valence-electron chi connectivity index (χ1n) is 8.29. The standard InChI is InChI=1S/C17H13N3O4S.C2H4O2/c1-22-12-6-5-10(8-13(12)23-2)15-18-17-20(19-15)16(21)14(25-17)9-11-4-3-7-24-11;1-2(3)4/h3-9H,1-2H3;1H3,(H,3,4)/b14-9-;. The smallest absolute Gasteiger partial charge is 0.300 e. The summed E-state index contributed by atoms with van der Waals surface area (Å²) in [6, 6.07) is 8.92. The molecule has 150 valence electrons. The van der Waals surface area contributed by atoms with Crippen LogP contribution in [0.4, 0.5) is 0 Å². The zero-order valence-electron chi connectivity index (χ0n) is 15.8. The van der Waals surface area contributed by atoms with Gasteiger partial charge in [0.2, 0.25) is 4.96 Å². The molecule has 3 heterocycles. The second-order valence-electron chi connectivity index (χ2n) is 5.65. The van der Waals surface area contributed by atoms with Gasteiger partial charge in [-0.1, -0.05) is 11.3 Å². The van der Waals surface area contributed by atoms with Crippen molar-refractivity contribution in [2.24, 2.45) is 0 Å². The number of furan rings is 1. The van der Waals surface area contributed by atoms with E-state index in [1.165, 1.54) is 15.9 Å². The van der Waals surface area contributed by atoms with Crippen molar-refractivity contribution in [1.29, 1.82) is 0 Å². The van der Waals surface area contributed by atoms with Gasteiger partial charge in [-0.2, -0.15) is 9.50 Å². The predicted octanol–water partition coefficient (Wildman–Crippen LogP) is 2.07. The summed E-state index contributed by atoms with van der Waals surface area (Å²) in [6.45, 7) is 1.08. The van der Waals surface area contributed by atoms with Gasteiger partial charge in [0.05, 0.1) is 20.5 Å². The molecule has 4 aromatic rings. The summed E-state index contributed by atoms with van der Waals surface area (Å²) < 4.78 is 17.6. The van der Waals surface area contributed by atoms with Gasteiger partial charge in [0.15, 0.2) is 17.3 Å². The average Bonchev–Trinajstić information content (AvgIpc) is 3.41. The van der Waals surface area contributed by atoms with Crippen LogP contribution in [-0.2, 0) is 4.79 Å². The van der Waals surface area contributed by atoms with Crippen molar-refractivity contribution in [2.75, 3.05) is 14.2 Å². The third-order valence-corrected chi connectivity index (χ3v) is 4.60. The van der Waals surface area contributed by atoms with Gasteiger partial charge in [-0.3, -0.25) is 9.59 Å². The number of rotatable bonds is 4. The van der Waals surface area contributed by atoms with E-state index >= 15 is 0 Å². The number of methoxy groups -OCH3 is 2. The number of benzene rings is 1. The Labute approximate surface area is 168 Å². The van der Waals surface area contributed by atoms with Crippen LogP contribution in [0.1, 0.15) is 12.7 Å². The minimum Gasteiger partial charge on any atom is -0.493 e. The summed E-state index contributed by atoms with van der Waals surface area (Å²) in [5, 5.41) is 11.7. The van der Waals surface area contributed by atoms with Crippen molar-refractivity contribution in [1.82, 2.24) is 14.6 Å². The summed E-state index contributed by atoms with van der Waals surface area (Å²) >= 11 is 1.26. The van der Waals surface area contributed by atoms with Crippen molar-refractivity contribution in [3.63, 3.8) is 0 Å². The molecule has 0 aliphatic rings. The fourth-order valence-electron chi connectivity index (χ4n) is 2.43. The van der Waals surface area contributed by atoms with Crippen molar-refractivity contribution >= 4 is 28.3 Å². The van der Waals surface area contributed by atoms with E-state index in [0.29, 0.717) is 32.6 Å². The fourth-order valence-corrected chi connectivity index (χ4v) is 3.32. The van der Waals surface area contributed by atoms with Crippen LogP contribution < -0.4 is 19.6 Å². The molecule has 1 aromatic carbocycles. The van der Waals surface area contributed by atoms with Gasteiger partial charge < -0.3 is 19.0 Å². The molecule has 0 atom stereocenters. The number of carboxylic acid groups (broad SMARTS) is 1. The maximum atomic E-state index is 12.5. The number of ether oxygens (including phenoxy) is 2. The minimum absolute atomic E-state index is 0.226. The molecule has 0 spiro atoms. The van der Waals surface area contributed by atoms with Gasteiger partial charge in [0, 0.05) is 18.6 Å². The molecule has 0 saturated heterocycles. The number of aliphatic carboxylic acids is 1. The molecule has 0 aliphatic carbocycles. The Kier molecular flexibility index (Phi) is 5.93. The second-order valence-corrected chi connectivity index (χ2v) is 6.66. The van der Waals surface area contributed by atoms with Gasteiger partial charge in [-0.15, -0.1) is 5.10 Å². The monoisotopic (exact) mass is 415 g/mol. The first-order chi connectivity index (χ1) is 13.9. The maximum absolute atomic E-state index is 12.5. The number of aromatic nitrogens is 3. The zero-order valence-corrected chi connectivity index (χ0v) is 16.6. The predicted molar refractivity (Wildman–Crippen MR) is 106 cm³/mol. The number of fused-ring (bicyclic) bond motifs is 1. The van der Waals surface area contributed by atoms with E-state index in [-0.39, 0.29) is 5.56 Å². The van der Waals surface area contributed by atoms with Gasteiger partial charge in [-0.25, -0.2) is 0 Å². The first-order valence-corrected chi connectivity index (χ1v) is 9.11. The molecular weight excluding hydrogens is 398 g/mol. The lowest BCUT2D eigenvalue weighted by Crippen LogP contribution is -2.23. The third-order valence-electron chi connectivity index (χ3n) is 3.64. The molecule has 4 rings (SSSR count). The van der Waals surface area contributed by atoms with Crippen molar-refractivity contribution in [3.05, 3.63) is 57.2 Å². The Balaban J connectivity index is 0.000000552. The highest BCUT2D eigenvalue weighted by Crippen LogP contribution is 2.31. The average molecular weight is 415 g/mol. The lowest BCUT2D eigenvalue weighted by Gasteiger charge is -2.07. The van der Waals surface area contributed by atoms with E-state index in [4.69, 9.17) is 23.8 Å². The van der Waals surface area contributed by atoms with Crippen LogP contribution in [0, 0.1) is 0 Å². The Morgan fingerprint density at radius 2 is 1.97 bits per heavy atom. The van der Waals surface area contributed by atoms with E-state index in [1.54, 1.807) is 50.8 Å². The van der Waals surface area contributed by atoms with E-state index in [0.717, 1.165) is 12.5 Å². The number of carboxylic acids is 1. The Bertz CT molecular complexity index is 1240. The quantitative estimate of drug-likeness (QED) is 0.538. The highest BCUT2D eigenvalue weighted by Gasteiger charge is 2.14. The largest absolute Gasteiger partial charge is 0.493 e. The highest BCUT2D eigenvalue weighted by molar-refractivity contribution is 7.15. The normalized spacial score (nSPS) is 11.2. The van der Waals surface area contributed by atoms with Crippen molar-refractivity contribution < 1.29 is 23.8 Å². The molecule has 0 bridgehead atoms. The molecule has 0 aliphatic heterocycles. The molecular formula is C19H17N3O6S. The van der Waals surface area contributed by atoms with E-state index < -0.39 is 5.97 Å². The molecule has 0 unspecified atom stereocenters. The van der Waals surface area contributed by atoms with Gasteiger partial charge in [0.1, 0.15) is 10.3 Å². The SMILES string of the molecule is CC(=O)O.COc1ccc(-c2nc3s/c(=C\c4ccco4)c(=O)n3n2)cc1OC. The summed E-state index contributed by atoms with van der Waals surface area (Å²) in [6.07, 6.45) is 3.24. The van der Waals surface area contributed by atoms with Crippen LogP contribution in [0.2, 0.25) is 0 Å². The number of thiazole rings is 1. The molecule has 3 aromatic heterocycles. The number of nitrogens with zero attached hydrogens (tertiary/aromatic N) is 3. The van der Waals surface area contributed by atoms with E-state index in [9.17, 15) is 4.79 Å². The summed E-state index contributed by atoms with van der Waals surface area (Å²) in [5.41, 5.74) is 0.514. The minimum atomic E-state index is -0.833. The molecule has 0 saturated carbocycles. The van der Waals surface area contributed by atoms with Gasteiger partial charge >= 0.3 is 0 Å². The zero-order chi connectivity index (χ0) is 21.0. The fraction of sp³-hybridized carbons (Fsp3) is 0.158. The Hall–Kier alpha value is -3.66. The van der Waals surface area contributed by atoms with Crippen molar-refractivity contribution in [2.45, 2.75) is 6.92 Å². The molecule has 29 heavy (non-hydrogen) atoms. The van der Waals surface area contributed by atoms with Crippen LogP contribution in [0.3, 0.4) is 0 Å². The van der Waals surface area contributed by atoms with E-state index in [1.807, 2.05) is 6.07 Å². The van der Waals surface area contributed by atoms with Crippen LogP contribution in [0.15, 0.2) is 45.8 Å². The Morgan fingerprint density at radius 1 is 1.24 bits per heavy atom. The van der Waals surface area contributed by atoms with Gasteiger partial charge in [-0.05, 0) is 30.3 Å². The molecule has 9 nitrogen and oxygen atoms in total. The third kappa shape index (κ3) is 4.43. The number of hydrogen-bond acceptors (Lipinski definition) is 8. The van der Waals surface area contributed by atoms with Crippen LogP contribution >= 0.6 is 11.3 Å². The summed E-state index contributed by atoms with van der Waals surface area (Å²) in [4.78, 5) is 26.4. The number of carbonyl (C=O) groups is 1. The maximum Gasteiger partial charge on any atom is 0.300 e. The van der Waals surface area contributed by atoms with E-state index in [2.05, 4.69) is 10.1 Å². The second kappa shape index (κ2) is 8.57. The summed E-state index contributed by atoms with van der Waals surface area (Å²) in [7, 11) is 3.14. The first kappa shape index (κ1) is 20.1. The molecule has 1 N–H and O–H groups in total. The molecule has 0 radical (unpaired) electrons. The Morgan fingerprint density at radius 3 is 2.55 bits per heavy atom. The van der Waals surface area contributed by atoms with Crippen LogP contribution in [0.25, 0.3) is 22.4 Å². The van der Waals surface area contributed by atoms with Crippen LogP contribution in [-0.4, -0.2) is 39.9 Å². The topological polar surface area (TPSA) is 116 Å². The lowest BCUT2D eigenvalue weighted by atomic mass is 10.2. The molecule has 10 heteroatoms. The molecule has 0 amide bonds. The highest BCUT2D eigenvalue weighted by atomic mass is 32.1. The lowest BCUT2D eigenvalue weighted by molar-refractivity contribution is -0.134. The van der Waals surface area contributed by atoms with Crippen LogP contribution in [0.5, 0.6) is 11.5 Å². The number of hydrogen-bond donors (Lipinski definition) is 1. The van der Waals surface area contributed by atoms with Crippen molar-refractivity contribution in [3.8, 4) is 22.9 Å². The molecule has 0 fully saturated rings. The summed E-state index contributed by atoms with van der Waals surface area (Å²) in [5.74, 6) is 1.43. The van der Waals surface area contributed by atoms with Gasteiger partial charge in [0.25, 0.3) is 11.5 Å².